The molecule has 61 nitrogen and oxygen atoms in total. The first kappa shape index (κ1) is 111. The lowest BCUT2D eigenvalue weighted by atomic mass is 10.1. The minimum atomic E-state index is -5.10. The zero-order valence-corrected chi connectivity index (χ0v) is 88.7. The number of ether oxygens (including phenoxy) is 7. The van der Waals surface area contributed by atoms with E-state index in [2.05, 4.69) is 64.8 Å². The summed E-state index contributed by atoms with van der Waals surface area (Å²) >= 11 is 37.9. The van der Waals surface area contributed by atoms with Crippen LogP contribution in [0.5, 0.6) is 0 Å². The number of rotatable bonds is 41. The van der Waals surface area contributed by atoms with Gasteiger partial charge in [-0.3, -0.25) is 85.4 Å². The third-order valence-electron chi connectivity index (χ3n) is 24.2. The van der Waals surface area contributed by atoms with Crippen molar-refractivity contribution in [2.75, 3.05) is 69.7 Å². The molecule has 0 aromatic carbocycles. The highest BCUT2D eigenvalue weighted by molar-refractivity contribution is 8.32. The van der Waals surface area contributed by atoms with Gasteiger partial charge in [-0.1, -0.05) is 77.8 Å². The van der Waals surface area contributed by atoms with Gasteiger partial charge in [0, 0.05) is 99.1 Å². The van der Waals surface area contributed by atoms with Crippen LogP contribution in [0.2, 0.25) is 0 Å². The zero-order chi connectivity index (χ0) is 106. The second-order valence-electron chi connectivity index (χ2n) is 34.1. The Morgan fingerprint density at radius 1 is 0.361 bits per heavy atom. The summed E-state index contributed by atoms with van der Waals surface area (Å²) < 4.78 is 148. The molecular formula is C72H88N24O37P7S7-7. The first-order valence-corrected chi connectivity index (χ1v) is 61.8. The molecule has 7 unspecified atom stereocenters. The molecule has 0 spiro atoms. The number of aromatic nitrogens is 20. The molecule has 147 heavy (non-hydrogen) atoms. The van der Waals surface area contributed by atoms with Gasteiger partial charge in [0.2, 0.25) is 11.9 Å². The van der Waals surface area contributed by atoms with Gasteiger partial charge in [0.15, 0.2) is 40.6 Å². The van der Waals surface area contributed by atoms with Crippen molar-refractivity contribution in [1.29, 1.82) is 0 Å². The van der Waals surface area contributed by atoms with Crippen LogP contribution in [-0.4, -0.2) is 229 Å². The van der Waals surface area contributed by atoms with Crippen LogP contribution in [0.25, 0.3) is 33.5 Å². The average Bonchev–Trinajstić information content (AvgIpc) is 1.62. The van der Waals surface area contributed by atoms with E-state index in [1.54, 1.807) is 11.5 Å². The van der Waals surface area contributed by atoms with Gasteiger partial charge in [-0.15, -0.1) is 0 Å². The third-order valence-corrected chi connectivity index (χ3v) is 35.3. The van der Waals surface area contributed by atoms with Crippen LogP contribution in [0.15, 0.2) is 93.2 Å². The second kappa shape index (κ2) is 44.3. The van der Waals surface area contributed by atoms with Gasteiger partial charge in [-0.2, -0.15) is 15.0 Å². The molecule has 0 amide bonds. The lowest BCUT2D eigenvalue weighted by molar-refractivity contribution is -0.221. The molecule has 10 aromatic heterocycles. The molecule has 0 aliphatic carbocycles. The fraction of sp³-hybridized carbons (Fsp3) is 0.569. The number of hydrogen-bond donors (Lipinski definition) is 9. The van der Waals surface area contributed by atoms with E-state index >= 15 is 0 Å². The van der Waals surface area contributed by atoms with Crippen molar-refractivity contribution in [3.63, 3.8) is 0 Å². The van der Waals surface area contributed by atoms with Crippen LogP contribution >= 0.6 is 47.1 Å². The van der Waals surface area contributed by atoms with Gasteiger partial charge in [-0.25, -0.2) is 44.1 Å². The maximum atomic E-state index is 15.0. The fourth-order valence-electron chi connectivity index (χ4n) is 17.1. The van der Waals surface area contributed by atoms with Crippen molar-refractivity contribution < 1.29 is 130 Å². The van der Waals surface area contributed by atoms with E-state index in [-0.39, 0.29) is 93.8 Å². The summed E-state index contributed by atoms with van der Waals surface area (Å²) in [5, 5.41) is 0. The number of fused-ring (bicyclic) bond motifs is 3. The van der Waals surface area contributed by atoms with Crippen LogP contribution in [0.1, 0.15) is 124 Å². The van der Waals surface area contributed by atoms with Crippen LogP contribution in [-0.2, 0) is 184 Å². The van der Waals surface area contributed by atoms with E-state index in [4.69, 9.17) is 203 Å². The number of nitrogens with two attached hydrogens (primary N) is 4. The lowest BCUT2D eigenvalue weighted by Crippen LogP contribution is -2.34. The van der Waals surface area contributed by atoms with E-state index in [1.165, 1.54) is 68.2 Å². The standard InChI is InChI=1S/C72H95N24O37P7S7/c1-7-33-34(8-51(120-33)94-26-79-54-58(74)77-25-78-59(54)94)128-135(107,142)114-20-43-37(10-48(122-43)91-16-30(3)62(97)87-70(91)103)130-137(109,144)116-21-42-36(9-47(121-42)90-15-29(2)57(73)82-69(90)102)129-136(108,143)117-22-44-38(11-49(123-44)92-17-31(4)63(98)88-71(92)104)131-138(110,145)118-23-45-39(12-50(124-45)93-18-32(5)64(99)89-72(93)105)132-139(111,146)119-24-46-40(14-53(126-46)96-28-81-56-61(96)84-68(76)86-66(56)101)133-140(112,147)115-19-41-35(127-134(106,141)113-6)13-52(125-41)95-27-80-55-60(95)83-67(75)85-65(55)100/h15-18,25-28,33-53H,7-14,19-24H2,1-6H3,(H,106,141)(H,107,142)(H,108,143)(H,109,144)(H,110,145)(H,111,146)(H,112,147)(H2,73,82,102)(H2,74,77,78)(H,87,97,103)(H,88,98,104)(H,89,99,105)(H3,75,83,85,100)(H3,76,84,86,101)/p-7/t33-,34-,35-,36-,37-,38-,39-,40-,41-,42-,43-,44-,45-,46-,47-,48-,49-,50-,51-,52-,53-,134?,135?,136?,137?,138?,139?,140?/m1/s1. The summed E-state index contributed by atoms with van der Waals surface area (Å²) in [5.41, 5.74) is 16.5. The number of imidazole rings is 3. The van der Waals surface area contributed by atoms with Crippen molar-refractivity contribution in [2.24, 2.45) is 0 Å². The summed E-state index contributed by atoms with van der Waals surface area (Å²) in [5.74, 6) is -0.669. The fourth-order valence-corrected chi connectivity index (χ4v) is 26.8. The molecule has 0 saturated carbocycles. The van der Waals surface area contributed by atoms with Crippen molar-refractivity contribution in [1.82, 2.24) is 96.8 Å². The van der Waals surface area contributed by atoms with Crippen molar-refractivity contribution in [3.8, 4) is 0 Å². The molecule has 7 aliphatic rings. The highest BCUT2D eigenvalue weighted by Crippen LogP contribution is 2.57. The molecule has 13 N–H and O–H groups in total. The Labute approximate surface area is 859 Å². The molecular weight excluding hydrogens is 2230 g/mol. The van der Waals surface area contributed by atoms with Crippen LogP contribution in [0.4, 0.5) is 23.5 Å². The molecule has 17 rings (SSSR count). The lowest BCUT2D eigenvalue weighted by Gasteiger charge is -2.36. The average molecular weight is 2320 g/mol. The SMILES string of the molecule is CC[C@H]1O[C@@H](n2cnc3c(N)ncnc32)C[C@H]1OP([O-])(=S)OC[C@H]1O[C@@H](n2cc(C)c(=O)[nH]c2=O)C[C@H]1OP(=O)([S-])OC[C@H]1O[C@@H](n2cc(C)c(N)nc2=O)C[C@H]1OP([O-])(=S)OC[C@H]1O[C@@H](n2cc(C)c(=O)[nH]c2=O)C[C@H]1OP([O-])(=S)OC[C@H]1O[C@@H](n2cc(C)c(=O)[nH]c2=O)C[C@H]1OP([O-])(=S)OC[C@H]1O[C@@H](n2cnc3c(=O)[nH]c(N)nc32)C[C@H]1OP([O-])(=S)OC[C@H]1O[C@@H](n2cnc3c(=O)[nH]c(N)nc32)C[C@H]1OP([O-])(=S)OC. The molecule has 7 fully saturated rings. The normalized spacial score (nSPS) is 29.4. The number of nitrogens with zero attached hydrogens (tertiary/aromatic N) is 15. The minimum Gasteiger partial charge on any atom is -0.780 e. The number of anilines is 4. The number of hydrogen-bond acceptors (Lipinski definition) is 56. The number of aromatic amines is 5. The van der Waals surface area contributed by atoms with Gasteiger partial charge in [0.05, 0.1) is 107 Å². The Kier molecular flexibility index (Phi) is 33.4. The van der Waals surface area contributed by atoms with E-state index in [9.17, 15) is 77.1 Å². The van der Waals surface area contributed by atoms with Gasteiger partial charge in [0.1, 0.15) is 138 Å². The maximum absolute atomic E-state index is 15.0. The molecule has 17 heterocycles. The molecule has 802 valence electrons. The summed E-state index contributed by atoms with van der Waals surface area (Å²) in [7, 11) is 1.03. The summed E-state index contributed by atoms with van der Waals surface area (Å²) in [6, 6.07) is 0. The summed E-state index contributed by atoms with van der Waals surface area (Å²) in [6.45, 7) is -31.8. The minimum absolute atomic E-state index is 0.0103. The van der Waals surface area contributed by atoms with E-state index in [1.807, 2.05) is 0 Å². The van der Waals surface area contributed by atoms with E-state index in [0.717, 1.165) is 44.1 Å². The number of nitrogens with one attached hydrogen (secondary N) is 5. The number of H-pyrrole nitrogens is 5. The highest BCUT2D eigenvalue weighted by atomic mass is 32.7. The molecule has 7 aliphatic heterocycles. The van der Waals surface area contributed by atoms with Crippen LogP contribution in [0, 0.1) is 27.7 Å². The molecule has 0 bridgehead atoms. The number of aryl methyl sites for hydroxylation is 4. The topological polar surface area (TPSA) is 824 Å². The predicted molar refractivity (Wildman–Crippen MR) is 518 cm³/mol. The van der Waals surface area contributed by atoms with Gasteiger partial charge in [-0.05, 0) is 34.1 Å². The number of nitrogen functional groups attached to an aromatic ring is 4. The largest absolute Gasteiger partial charge is 0.780 e. The first-order chi connectivity index (χ1) is 69.2. The Balaban J connectivity index is 0.579. The Hall–Kier alpha value is -7.23. The van der Waals surface area contributed by atoms with Gasteiger partial charge in [0.25, 0.3) is 27.8 Å². The smallest absolute Gasteiger partial charge is 0.351 e. The van der Waals surface area contributed by atoms with Crippen LogP contribution in [0.3, 0.4) is 0 Å². The first-order valence-electron chi connectivity index (χ1n) is 43.9. The third kappa shape index (κ3) is 25.7. The Morgan fingerprint density at radius 2 is 0.646 bits per heavy atom. The zero-order valence-electron chi connectivity index (χ0n) is 76.8. The highest BCUT2D eigenvalue weighted by Gasteiger charge is 2.50. The molecule has 0 radical (unpaired) electrons. The Morgan fingerprint density at radius 3 is 0.986 bits per heavy atom. The van der Waals surface area contributed by atoms with E-state index in [0.29, 0.717) is 17.6 Å². The quantitative estimate of drug-likeness (QED) is 0.0133. The van der Waals surface area contributed by atoms with E-state index < -0.39 is 286 Å². The van der Waals surface area contributed by atoms with Gasteiger partial charge >= 0.3 is 22.8 Å². The molecule has 28 atom stereocenters. The monoisotopic (exact) mass is 2320 g/mol. The summed E-state index contributed by atoms with van der Waals surface area (Å²) in [6.07, 6.45) is -21.4. The molecule has 10 aromatic rings. The predicted octanol–water partition coefficient (Wildman–Crippen LogP) is -3.41. The van der Waals surface area contributed by atoms with Crippen molar-refractivity contribution in [3.05, 3.63) is 166 Å². The Bertz CT molecular complexity index is 7670. The maximum Gasteiger partial charge on any atom is 0.351 e. The molecule has 75 heteroatoms. The van der Waals surface area contributed by atoms with Crippen molar-refractivity contribution >= 4 is 187 Å². The molecule has 7 saturated heterocycles. The summed E-state index contributed by atoms with van der Waals surface area (Å²) in [4.78, 5) is 249. The van der Waals surface area contributed by atoms with Gasteiger partial charge < -0.3 is 161 Å². The van der Waals surface area contributed by atoms with Crippen LogP contribution < -0.4 is 103 Å². The second-order valence-corrected chi connectivity index (χ2v) is 53.2. The van der Waals surface area contributed by atoms with Crippen molar-refractivity contribution in [2.45, 2.75) is 215 Å².